The first-order chi connectivity index (χ1) is 7.31. The van der Waals surface area contributed by atoms with Crippen LogP contribution in [-0.4, -0.2) is 32.4 Å². The maximum atomic E-state index is 9.43. The van der Waals surface area contributed by atoms with Gasteiger partial charge in [-0.15, -0.1) is 0 Å². The quantitative estimate of drug-likeness (QED) is 0.780. The normalized spacial score (nSPS) is 12.9. The second kappa shape index (κ2) is 4.27. The molecule has 0 fully saturated rings. The van der Waals surface area contributed by atoms with E-state index < -0.39 is 0 Å². The van der Waals surface area contributed by atoms with Crippen molar-refractivity contribution in [1.82, 2.24) is 14.6 Å². The number of anilines is 1. The van der Waals surface area contributed by atoms with Gasteiger partial charge in [0.25, 0.3) is 0 Å². The molecule has 80 valence electrons. The number of aliphatic hydroxyl groups excluding tert-OH is 1. The number of aliphatic hydroxyl groups is 1. The van der Waals surface area contributed by atoms with E-state index in [0.717, 1.165) is 17.8 Å². The molecular weight excluding hydrogens is 192 g/mol. The van der Waals surface area contributed by atoms with Gasteiger partial charge in [0.2, 0.25) is 0 Å². The van der Waals surface area contributed by atoms with Crippen molar-refractivity contribution >= 4 is 11.3 Å². The molecule has 0 radical (unpaired) electrons. The number of fused-ring (bicyclic) bond motifs is 1. The van der Waals surface area contributed by atoms with E-state index >= 15 is 0 Å². The molecule has 0 spiro atoms. The fourth-order valence-corrected chi connectivity index (χ4v) is 1.35. The van der Waals surface area contributed by atoms with Gasteiger partial charge in [0.05, 0.1) is 12.3 Å². The maximum absolute atomic E-state index is 9.43. The van der Waals surface area contributed by atoms with Crippen LogP contribution in [0.3, 0.4) is 0 Å². The van der Waals surface area contributed by atoms with Crippen LogP contribution in [-0.2, 0) is 0 Å². The van der Waals surface area contributed by atoms with Gasteiger partial charge in [-0.3, -0.25) is 0 Å². The molecule has 2 aromatic heterocycles. The molecule has 5 heteroatoms. The average Bonchev–Trinajstić information content (AvgIpc) is 2.74. The first-order valence-corrected chi connectivity index (χ1v) is 5.01. The number of nitrogens with zero attached hydrogens (tertiary/aromatic N) is 3. The summed E-state index contributed by atoms with van der Waals surface area (Å²) in [6.45, 7) is 2.45. The van der Waals surface area contributed by atoms with Crippen LogP contribution < -0.4 is 5.32 Å². The lowest BCUT2D eigenvalue weighted by Crippen LogP contribution is -2.19. The Morgan fingerprint density at radius 2 is 2.40 bits per heavy atom. The van der Waals surface area contributed by atoms with Gasteiger partial charge in [0.15, 0.2) is 5.82 Å². The maximum Gasteiger partial charge on any atom is 0.152 e. The third kappa shape index (κ3) is 2.07. The van der Waals surface area contributed by atoms with Crippen LogP contribution in [0.25, 0.3) is 5.52 Å². The summed E-state index contributed by atoms with van der Waals surface area (Å²) in [4.78, 5) is 4.20. The third-order valence-corrected chi connectivity index (χ3v) is 2.30. The zero-order chi connectivity index (χ0) is 10.7. The van der Waals surface area contributed by atoms with Crippen LogP contribution in [0.15, 0.2) is 24.7 Å². The zero-order valence-corrected chi connectivity index (χ0v) is 8.59. The largest absolute Gasteiger partial charge is 0.391 e. The van der Waals surface area contributed by atoms with Crippen molar-refractivity contribution in [2.45, 2.75) is 19.4 Å². The van der Waals surface area contributed by atoms with Gasteiger partial charge in [-0.25, -0.2) is 9.50 Å². The molecule has 0 aliphatic heterocycles. The van der Waals surface area contributed by atoms with Crippen molar-refractivity contribution in [2.75, 3.05) is 11.9 Å². The van der Waals surface area contributed by atoms with E-state index in [2.05, 4.69) is 15.4 Å². The Hall–Kier alpha value is -1.62. The fraction of sp³-hybridized carbons (Fsp3) is 0.400. The lowest BCUT2D eigenvalue weighted by atomic mass is 10.3. The minimum Gasteiger partial charge on any atom is -0.391 e. The van der Waals surface area contributed by atoms with Gasteiger partial charge in [0, 0.05) is 18.9 Å². The monoisotopic (exact) mass is 206 g/mol. The lowest BCUT2D eigenvalue weighted by Gasteiger charge is -2.10. The number of nitrogens with one attached hydrogen (secondary N) is 1. The summed E-state index contributed by atoms with van der Waals surface area (Å²) >= 11 is 0. The SMILES string of the molecule is CCC(O)CNc1nccn2nccc12. The van der Waals surface area contributed by atoms with Crippen LogP contribution in [0, 0.1) is 0 Å². The van der Waals surface area contributed by atoms with Crippen molar-refractivity contribution in [2.24, 2.45) is 0 Å². The fourth-order valence-electron chi connectivity index (χ4n) is 1.35. The van der Waals surface area contributed by atoms with E-state index in [1.807, 2.05) is 13.0 Å². The molecule has 0 aromatic carbocycles. The van der Waals surface area contributed by atoms with Gasteiger partial charge >= 0.3 is 0 Å². The van der Waals surface area contributed by atoms with Gasteiger partial charge in [-0.1, -0.05) is 6.92 Å². The minimum atomic E-state index is -0.338. The Balaban J connectivity index is 2.17. The van der Waals surface area contributed by atoms with Crippen LogP contribution >= 0.6 is 0 Å². The molecule has 0 bridgehead atoms. The standard InChI is InChI=1S/C10H14N4O/c1-2-8(15)7-12-10-9-3-4-13-14(9)6-5-11-10/h3-6,8,15H,2,7H2,1H3,(H,11,12). The van der Waals surface area contributed by atoms with Gasteiger partial charge in [-0.2, -0.15) is 5.10 Å². The van der Waals surface area contributed by atoms with E-state index in [4.69, 9.17) is 0 Å². The number of rotatable bonds is 4. The summed E-state index contributed by atoms with van der Waals surface area (Å²) in [7, 11) is 0. The molecule has 15 heavy (non-hydrogen) atoms. The Morgan fingerprint density at radius 3 is 3.20 bits per heavy atom. The molecule has 0 saturated carbocycles. The highest BCUT2D eigenvalue weighted by Crippen LogP contribution is 2.12. The van der Waals surface area contributed by atoms with Crippen molar-refractivity contribution < 1.29 is 5.11 Å². The Morgan fingerprint density at radius 1 is 1.53 bits per heavy atom. The van der Waals surface area contributed by atoms with E-state index in [-0.39, 0.29) is 6.10 Å². The highest BCUT2D eigenvalue weighted by Gasteiger charge is 2.04. The van der Waals surface area contributed by atoms with Crippen LogP contribution in [0.4, 0.5) is 5.82 Å². The van der Waals surface area contributed by atoms with Crippen molar-refractivity contribution in [3.8, 4) is 0 Å². The molecule has 2 N–H and O–H groups in total. The van der Waals surface area contributed by atoms with Crippen LogP contribution in [0.2, 0.25) is 0 Å². The van der Waals surface area contributed by atoms with E-state index in [9.17, 15) is 5.11 Å². The molecule has 1 atom stereocenters. The molecule has 1 unspecified atom stereocenters. The van der Waals surface area contributed by atoms with Crippen molar-refractivity contribution in [3.05, 3.63) is 24.7 Å². The summed E-state index contributed by atoms with van der Waals surface area (Å²) in [5.41, 5.74) is 0.917. The topological polar surface area (TPSA) is 62.5 Å². The van der Waals surface area contributed by atoms with Crippen molar-refractivity contribution in [3.63, 3.8) is 0 Å². The molecule has 2 heterocycles. The van der Waals surface area contributed by atoms with Gasteiger partial charge < -0.3 is 10.4 Å². The Labute approximate surface area is 87.8 Å². The summed E-state index contributed by atoms with van der Waals surface area (Å²) in [5.74, 6) is 0.752. The number of hydrogen-bond donors (Lipinski definition) is 2. The first-order valence-electron chi connectivity index (χ1n) is 5.01. The van der Waals surface area contributed by atoms with E-state index in [0.29, 0.717) is 6.54 Å². The molecule has 2 aromatic rings. The predicted octanol–water partition coefficient (Wildman–Crippen LogP) is 0.912. The predicted molar refractivity (Wildman–Crippen MR) is 57.8 cm³/mol. The smallest absolute Gasteiger partial charge is 0.152 e. The second-order valence-electron chi connectivity index (χ2n) is 3.38. The highest BCUT2D eigenvalue weighted by atomic mass is 16.3. The summed E-state index contributed by atoms with van der Waals surface area (Å²) in [6.07, 6.45) is 5.58. The number of hydrogen-bond acceptors (Lipinski definition) is 4. The molecular formula is C10H14N4O. The molecule has 0 amide bonds. The minimum absolute atomic E-state index is 0.338. The van der Waals surface area contributed by atoms with E-state index in [1.54, 1.807) is 23.1 Å². The van der Waals surface area contributed by atoms with Crippen LogP contribution in [0.1, 0.15) is 13.3 Å². The Bertz CT molecular complexity index is 440. The Kier molecular flexibility index (Phi) is 2.82. The molecule has 0 saturated heterocycles. The first kappa shape index (κ1) is 9.92. The van der Waals surface area contributed by atoms with Crippen molar-refractivity contribution in [1.29, 1.82) is 0 Å². The highest BCUT2D eigenvalue weighted by molar-refractivity contribution is 5.66. The third-order valence-electron chi connectivity index (χ3n) is 2.30. The van der Waals surface area contributed by atoms with Crippen LogP contribution in [0.5, 0.6) is 0 Å². The summed E-state index contributed by atoms with van der Waals surface area (Å²) in [6, 6.07) is 1.88. The molecule has 2 rings (SSSR count). The second-order valence-corrected chi connectivity index (χ2v) is 3.38. The average molecular weight is 206 g/mol. The summed E-state index contributed by atoms with van der Waals surface area (Å²) < 4.78 is 1.74. The molecule has 0 aliphatic carbocycles. The number of aromatic nitrogens is 3. The summed E-state index contributed by atoms with van der Waals surface area (Å²) in [5, 5.41) is 16.6. The van der Waals surface area contributed by atoms with E-state index in [1.165, 1.54) is 0 Å². The van der Waals surface area contributed by atoms with Gasteiger partial charge in [-0.05, 0) is 12.5 Å². The zero-order valence-electron chi connectivity index (χ0n) is 8.59. The lowest BCUT2D eigenvalue weighted by molar-refractivity contribution is 0.183. The molecule has 0 aliphatic rings. The molecule has 5 nitrogen and oxygen atoms in total. The van der Waals surface area contributed by atoms with Gasteiger partial charge in [0.1, 0.15) is 5.52 Å².